The van der Waals surface area contributed by atoms with Crippen LogP contribution in [0.25, 0.3) is 0 Å². The van der Waals surface area contributed by atoms with Crippen LogP contribution in [0.3, 0.4) is 0 Å². The van der Waals surface area contributed by atoms with Gasteiger partial charge in [-0.25, -0.2) is 22.8 Å². The predicted octanol–water partition coefficient (Wildman–Crippen LogP) is 2.52. The molecule has 0 unspecified atom stereocenters. The molecule has 0 fully saturated rings. The Balaban J connectivity index is 2.16. The highest BCUT2D eigenvalue weighted by atomic mass is 35.5. The average molecular weight is 316 g/mol. The molecule has 106 valence electrons. The summed E-state index contributed by atoms with van der Waals surface area (Å²) >= 11 is 5.73. The van der Waals surface area contributed by atoms with Crippen LogP contribution in [0.15, 0.2) is 30.3 Å². The van der Waals surface area contributed by atoms with Crippen LogP contribution >= 0.6 is 11.6 Å². The van der Waals surface area contributed by atoms with Gasteiger partial charge >= 0.3 is 0 Å². The quantitative estimate of drug-likeness (QED) is 0.880. The van der Waals surface area contributed by atoms with E-state index in [2.05, 4.69) is 14.7 Å². The number of nitrogens with one attached hydrogen (secondary N) is 1. The maximum atomic E-state index is 12.8. The monoisotopic (exact) mass is 315 g/mol. The number of rotatable bonds is 4. The first-order valence-electron chi connectivity index (χ1n) is 5.60. The van der Waals surface area contributed by atoms with Crippen molar-refractivity contribution in [2.75, 3.05) is 4.72 Å². The summed E-state index contributed by atoms with van der Waals surface area (Å²) in [5.41, 5.74) is 1.00. The van der Waals surface area contributed by atoms with Gasteiger partial charge in [-0.2, -0.15) is 0 Å². The lowest BCUT2D eigenvalue weighted by molar-refractivity contribution is 0.599. The number of aryl methyl sites for hydroxylation is 1. The van der Waals surface area contributed by atoms with Gasteiger partial charge in [-0.3, -0.25) is 4.72 Å². The molecule has 0 aliphatic carbocycles. The maximum Gasteiger partial charge on any atom is 0.239 e. The Kier molecular flexibility index (Phi) is 4.20. The number of hydrogen-bond donors (Lipinski definition) is 1. The molecule has 0 aliphatic rings. The van der Waals surface area contributed by atoms with E-state index in [9.17, 15) is 12.8 Å². The molecule has 0 saturated heterocycles. The fourth-order valence-electron chi connectivity index (χ4n) is 1.55. The Morgan fingerprint density at radius 2 is 1.90 bits per heavy atom. The molecule has 5 nitrogen and oxygen atoms in total. The molecule has 1 aromatic carbocycles. The first-order valence-corrected chi connectivity index (χ1v) is 7.63. The summed E-state index contributed by atoms with van der Waals surface area (Å²) in [4.78, 5) is 7.71. The first kappa shape index (κ1) is 14.7. The van der Waals surface area contributed by atoms with Gasteiger partial charge in [-0.05, 0) is 30.7 Å². The van der Waals surface area contributed by atoms with Crippen molar-refractivity contribution in [1.82, 2.24) is 9.97 Å². The summed E-state index contributed by atoms with van der Waals surface area (Å²) in [6.45, 7) is 1.67. The molecule has 1 aromatic heterocycles. The van der Waals surface area contributed by atoms with Crippen molar-refractivity contribution in [3.8, 4) is 0 Å². The summed E-state index contributed by atoms with van der Waals surface area (Å²) < 4.78 is 38.9. The van der Waals surface area contributed by atoms with Crippen molar-refractivity contribution in [3.05, 3.63) is 52.6 Å². The van der Waals surface area contributed by atoms with Gasteiger partial charge in [0.15, 0.2) is 0 Å². The second kappa shape index (κ2) is 5.72. The van der Waals surface area contributed by atoms with E-state index in [1.165, 1.54) is 30.3 Å². The van der Waals surface area contributed by atoms with E-state index >= 15 is 0 Å². The molecule has 0 bridgehead atoms. The Morgan fingerprint density at radius 3 is 2.50 bits per heavy atom. The molecule has 0 spiro atoms. The molecular formula is C12H11ClFN3O2S. The van der Waals surface area contributed by atoms with Crippen molar-refractivity contribution in [2.24, 2.45) is 0 Å². The molecule has 0 aliphatic heterocycles. The summed E-state index contributed by atoms with van der Waals surface area (Å²) in [6, 6.07) is 6.71. The molecule has 0 radical (unpaired) electrons. The van der Waals surface area contributed by atoms with Crippen molar-refractivity contribution in [3.63, 3.8) is 0 Å². The van der Waals surface area contributed by atoms with Crippen LogP contribution in [-0.4, -0.2) is 18.4 Å². The normalized spacial score (nSPS) is 11.3. The second-order valence-corrected chi connectivity index (χ2v) is 6.25. The third-order valence-corrected chi connectivity index (χ3v) is 3.74. The van der Waals surface area contributed by atoms with E-state index in [1.54, 1.807) is 6.92 Å². The minimum Gasteiger partial charge on any atom is -0.251 e. The van der Waals surface area contributed by atoms with Crippen LogP contribution in [0.2, 0.25) is 5.15 Å². The lowest BCUT2D eigenvalue weighted by atomic mass is 10.2. The van der Waals surface area contributed by atoms with Crippen LogP contribution in [0, 0.1) is 12.7 Å². The number of anilines is 1. The molecular weight excluding hydrogens is 305 g/mol. The first-order chi connectivity index (χ1) is 9.34. The molecule has 0 saturated carbocycles. The molecule has 1 heterocycles. The number of benzene rings is 1. The van der Waals surface area contributed by atoms with Crippen LogP contribution in [0.4, 0.5) is 10.3 Å². The van der Waals surface area contributed by atoms with Crippen LogP contribution in [0.1, 0.15) is 11.3 Å². The van der Waals surface area contributed by atoms with Gasteiger partial charge in [-0.15, -0.1) is 0 Å². The number of aromatic nitrogens is 2. The minimum absolute atomic E-state index is 0.0860. The Bertz CT molecular complexity index is 700. The molecule has 8 heteroatoms. The highest BCUT2D eigenvalue weighted by Crippen LogP contribution is 2.13. The van der Waals surface area contributed by atoms with Gasteiger partial charge in [0.05, 0.1) is 5.75 Å². The number of nitrogens with zero attached hydrogens (tertiary/aromatic N) is 2. The Morgan fingerprint density at radius 1 is 1.25 bits per heavy atom. The summed E-state index contributed by atoms with van der Waals surface area (Å²) in [5, 5.41) is 0.150. The SMILES string of the molecule is Cc1cc(Cl)nc(NS(=O)(=O)Cc2ccc(F)cc2)n1. The highest BCUT2D eigenvalue weighted by Gasteiger charge is 2.14. The Labute approximate surface area is 120 Å². The summed E-state index contributed by atoms with van der Waals surface area (Å²) in [7, 11) is -3.69. The number of hydrogen-bond acceptors (Lipinski definition) is 4. The van der Waals surface area contributed by atoms with E-state index in [1.807, 2.05) is 0 Å². The fourth-order valence-corrected chi connectivity index (χ4v) is 2.86. The van der Waals surface area contributed by atoms with Crippen molar-refractivity contribution in [1.29, 1.82) is 0 Å². The Hall–Kier alpha value is -1.73. The number of halogens is 2. The van der Waals surface area contributed by atoms with Gasteiger partial charge in [0.1, 0.15) is 11.0 Å². The highest BCUT2D eigenvalue weighted by molar-refractivity contribution is 7.91. The predicted molar refractivity (Wildman–Crippen MR) is 74.4 cm³/mol. The molecule has 1 N–H and O–H groups in total. The van der Waals surface area contributed by atoms with Crippen LogP contribution in [0.5, 0.6) is 0 Å². The molecule has 2 rings (SSSR count). The lowest BCUT2D eigenvalue weighted by Crippen LogP contribution is -2.17. The summed E-state index contributed by atoms with van der Waals surface area (Å²) in [5.74, 6) is -0.813. The van der Waals surface area contributed by atoms with E-state index in [0.29, 0.717) is 11.3 Å². The molecule has 2 aromatic rings. The second-order valence-electron chi connectivity index (χ2n) is 4.14. The van der Waals surface area contributed by atoms with Gasteiger partial charge in [0.2, 0.25) is 16.0 Å². The third kappa shape index (κ3) is 4.14. The summed E-state index contributed by atoms with van der Waals surface area (Å²) in [6.07, 6.45) is 0. The zero-order chi connectivity index (χ0) is 14.8. The minimum atomic E-state index is -3.69. The molecule has 20 heavy (non-hydrogen) atoms. The smallest absolute Gasteiger partial charge is 0.239 e. The largest absolute Gasteiger partial charge is 0.251 e. The van der Waals surface area contributed by atoms with Crippen molar-refractivity contribution in [2.45, 2.75) is 12.7 Å². The topological polar surface area (TPSA) is 72.0 Å². The molecule has 0 amide bonds. The van der Waals surface area contributed by atoms with Crippen LogP contribution < -0.4 is 4.72 Å². The lowest BCUT2D eigenvalue weighted by Gasteiger charge is -2.07. The third-order valence-electron chi connectivity index (χ3n) is 2.34. The maximum absolute atomic E-state index is 12.8. The van der Waals surface area contributed by atoms with Crippen LogP contribution in [-0.2, 0) is 15.8 Å². The standard InChI is InChI=1S/C12H11ClFN3O2S/c1-8-6-11(13)16-12(15-8)17-20(18,19)7-9-2-4-10(14)5-3-9/h2-6H,7H2,1H3,(H,15,16,17). The van der Waals surface area contributed by atoms with E-state index in [0.717, 1.165) is 0 Å². The average Bonchev–Trinajstić information content (AvgIpc) is 2.29. The zero-order valence-electron chi connectivity index (χ0n) is 10.5. The fraction of sp³-hybridized carbons (Fsp3) is 0.167. The van der Waals surface area contributed by atoms with E-state index in [4.69, 9.17) is 11.6 Å². The van der Waals surface area contributed by atoms with Gasteiger partial charge in [0, 0.05) is 5.69 Å². The zero-order valence-corrected chi connectivity index (χ0v) is 12.0. The van der Waals surface area contributed by atoms with Gasteiger partial charge < -0.3 is 0 Å². The van der Waals surface area contributed by atoms with E-state index in [-0.39, 0.29) is 16.9 Å². The molecule has 0 atom stereocenters. The van der Waals surface area contributed by atoms with Crippen molar-refractivity contribution < 1.29 is 12.8 Å². The van der Waals surface area contributed by atoms with Crippen molar-refractivity contribution >= 4 is 27.6 Å². The number of sulfonamides is 1. The van der Waals surface area contributed by atoms with E-state index < -0.39 is 15.8 Å². The van der Waals surface area contributed by atoms with Gasteiger partial charge in [-0.1, -0.05) is 23.7 Å². The van der Waals surface area contributed by atoms with Gasteiger partial charge in [0.25, 0.3) is 0 Å².